The van der Waals surface area contributed by atoms with Gasteiger partial charge in [0.05, 0.1) is 7.11 Å². The summed E-state index contributed by atoms with van der Waals surface area (Å²) in [6, 6.07) is 15.2. The summed E-state index contributed by atoms with van der Waals surface area (Å²) in [5, 5.41) is 3.23. The Morgan fingerprint density at radius 2 is 1.76 bits per heavy atom. The average molecular weight is 283 g/mol. The highest BCUT2D eigenvalue weighted by Crippen LogP contribution is 2.28. The minimum absolute atomic E-state index is 0.688. The van der Waals surface area contributed by atoms with Crippen molar-refractivity contribution in [2.45, 2.75) is 26.8 Å². The van der Waals surface area contributed by atoms with E-state index in [9.17, 15) is 0 Å². The van der Waals surface area contributed by atoms with E-state index in [1.54, 1.807) is 7.11 Å². The van der Waals surface area contributed by atoms with E-state index < -0.39 is 0 Å². The first-order chi connectivity index (χ1) is 10.1. The van der Waals surface area contributed by atoms with Crippen LogP contribution in [0.25, 0.3) is 11.1 Å². The molecule has 2 aromatic carbocycles. The van der Waals surface area contributed by atoms with Gasteiger partial charge in [-0.15, -0.1) is 0 Å². The highest BCUT2D eigenvalue weighted by atomic mass is 16.5. The number of rotatable bonds is 6. The Morgan fingerprint density at radius 3 is 2.33 bits per heavy atom. The SMILES string of the molecule is CNCc1ccc(OC)cc1-c1ccc(CC(C)C)cc1. The first-order valence-corrected chi connectivity index (χ1v) is 7.55. The fourth-order valence-corrected chi connectivity index (χ4v) is 2.59. The van der Waals surface area contributed by atoms with Gasteiger partial charge in [-0.3, -0.25) is 0 Å². The Bertz CT molecular complexity index is 573. The number of hydrogen-bond donors (Lipinski definition) is 1. The quantitative estimate of drug-likeness (QED) is 0.854. The van der Waals surface area contributed by atoms with Crippen molar-refractivity contribution in [2.24, 2.45) is 5.92 Å². The third kappa shape index (κ3) is 4.08. The first kappa shape index (κ1) is 15.6. The molecule has 0 aromatic heterocycles. The van der Waals surface area contributed by atoms with Crippen molar-refractivity contribution in [3.63, 3.8) is 0 Å². The van der Waals surface area contributed by atoms with Gasteiger partial charge in [0.25, 0.3) is 0 Å². The maximum Gasteiger partial charge on any atom is 0.119 e. The predicted molar refractivity (Wildman–Crippen MR) is 89.7 cm³/mol. The van der Waals surface area contributed by atoms with E-state index in [1.165, 1.54) is 22.3 Å². The summed E-state index contributed by atoms with van der Waals surface area (Å²) in [6.07, 6.45) is 1.13. The van der Waals surface area contributed by atoms with Crippen molar-refractivity contribution in [3.05, 3.63) is 53.6 Å². The molecular formula is C19H25NO. The molecule has 2 aromatic rings. The van der Waals surface area contributed by atoms with Gasteiger partial charge < -0.3 is 10.1 Å². The van der Waals surface area contributed by atoms with Gasteiger partial charge in [-0.1, -0.05) is 44.2 Å². The van der Waals surface area contributed by atoms with Crippen LogP contribution in [0.1, 0.15) is 25.0 Å². The van der Waals surface area contributed by atoms with Crippen LogP contribution in [-0.4, -0.2) is 14.2 Å². The molecule has 0 aliphatic rings. The molecule has 0 heterocycles. The molecule has 0 radical (unpaired) electrons. The average Bonchev–Trinajstić information content (AvgIpc) is 2.48. The number of benzene rings is 2. The molecule has 0 aliphatic heterocycles. The number of hydrogen-bond acceptors (Lipinski definition) is 2. The molecule has 0 saturated heterocycles. The largest absolute Gasteiger partial charge is 0.497 e. The maximum absolute atomic E-state index is 5.37. The molecule has 1 N–H and O–H groups in total. The van der Waals surface area contributed by atoms with Crippen molar-refractivity contribution >= 4 is 0 Å². The Hall–Kier alpha value is -1.80. The molecule has 0 fully saturated rings. The first-order valence-electron chi connectivity index (χ1n) is 7.55. The van der Waals surface area contributed by atoms with Crippen molar-refractivity contribution in [2.75, 3.05) is 14.2 Å². The number of methoxy groups -OCH3 is 1. The van der Waals surface area contributed by atoms with Gasteiger partial charge in [0.2, 0.25) is 0 Å². The summed E-state index contributed by atoms with van der Waals surface area (Å²) in [7, 11) is 3.68. The van der Waals surface area contributed by atoms with Crippen LogP contribution in [0.5, 0.6) is 5.75 Å². The zero-order valence-electron chi connectivity index (χ0n) is 13.4. The van der Waals surface area contributed by atoms with Crippen LogP contribution in [0, 0.1) is 5.92 Å². The predicted octanol–water partition coefficient (Wildman–Crippen LogP) is 4.28. The Balaban J connectivity index is 2.35. The zero-order chi connectivity index (χ0) is 15.2. The van der Waals surface area contributed by atoms with E-state index in [-0.39, 0.29) is 0 Å². The molecule has 0 unspecified atom stereocenters. The fourth-order valence-electron chi connectivity index (χ4n) is 2.59. The molecule has 112 valence electrons. The summed E-state index contributed by atoms with van der Waals surface area (Å²) in [5.74, 6) is 1.59. The molecule has 2 heteroatoms. The number of nitrogens with one attached hydrogen (secondary N) is 1. The van der Waals surface area contributed by atoms with Gasteiger partial charge in [0.15, 0.2) is 0 Å². The van der Waals surface area contributed by atoms with Crippen LogP contribution < -0.4 is 10.1 Å². The topological polar surface area (TPSA) is 21.3 Å². The lowest BCUT2D eigenvalue weighted by Crippen LogP contribution is -2.06. The van der Waals surface area contributed by atoms with Gasteiger partial charge in [0.1, 0.15) is 5.75 Å². The summed E-state index contributed by atoms with van der Waals surface area (Å²) >= 11 is 0. The van der Waals surface area contributed by atoms with E-state index in [2.05, 4.69) is 55.6 Å². The molecule has 2 nitrogen and oxygen atoms in total. The van der Waals surface area contributed by atoms with Crippen molar-refractivity contribution in [1.29, 1.82) is 0 Å². The lowest BCUT2D eigenvalue weighted by Gasteiger charge is -2.13. The monoisotopic (exact) mass is 283 g/mol. The molecule has 21 heavy (non-hydrogen) atoms. The second-order valence-electron chi connectivity index (χ2n) is 5.85. The van der Waals surface area contributed by atoms with Crippen LogP contribution in [0.15, 0.2) is 42.5 Å². The smallest absolute Gasteiger partial charge is 0.119 e. The minimum Gasteiger partial charge on any atom is -0.497 e. The van der Waals surface area contributed by atoms with Crippen molar-refractivity contribution < 1.29 is 4.74 Å². The number of ether oxygens (including phenoxy) is 1. The Morgan fingerprint density at radius 1 is 1.05 bits per heavy atom. The van der Waals surface area contributed by atoms with Crippen LogP contribution in [0.3, 0.4) is 0 Å². The van der Waals surface area contributed by atoms with Crippen LogP contribution in [0.4, 0.5) is 0 Å². The second-order valence-corrected chi connectivity index (χ2v) is 5.85. The van der Waals surface area contributed by atoms with E-state index in [1.807, 2.05) is 13.1 Å². The lowest BCUT2D eigenvalue weighted by atomic mass is 9.96. The Labute approximate surface area is 128 Å². The molecule has 2 rings (SSSR count). The standard InChI is InChI=1S/C19H25NO/c1-14(2)11-15-5-7-16(8-6-15)19-12-18(21-4)10-9-17(19)13-20-3/h5-10,12,14,20H,11,13H2,1-4H3. The molecule has 0 amide bonds. The van der Waals surface area contributed by atoms with E-state index in [0.717, 1.165) is 18.7 Å². The summed E-state index contributed by atoms with van der Waals surface area (Å²) in [6.45, 7) is 5.36. The van der Waals surface area contributed by atoms with Gasteiger partial charge in [-0.2, -0.15) is 0 Å². The minimum atomic E-state index is 0.688. The molecular weight excluding hydrogens is 258 g/mol. The maximum atomic E-state index is 5.37. The van der Waals surface area contributed by atoms with Crippen molar-refractivity contribution in [3.8, 4) is 16.9 Å². The lowest BCUT2D eigenvalue weighted by molar-refractivity contribution is 0.415. The molecule has 0 atom stereocenters. The van der Waals surface area contributed by atoms with Gasteiger partial charge >= 0.3 is 0 Å². The van der Waals surface area contributed by atoms with Gasteiger partial charge in [-0.05, 0) is 53.8 Å². The van der Waals surface area contributed by atoms with Crippen molar-refractivity contribution in [1.82, 2.24) is 5.32 Å². The zero-order valence-corrected chi connectivity index (χ0v) is 13.4. The highest BCUT2D eigenvalue weighted by Gasteiger charge is 2.07. The summed E-state index contributed by atoms with van der Waals surface area (Å²) in [4.78, 5) is 0. The molecule has 0 aliphatic carbocycles. The third-order valence-corrected chi connectivity index (χ3v) is 3.59. The third-order valence-electron chi connectivity index (χ3n) is 3.59. The van der Waals surface area contributed by atoms with E-state index >= 15 is 0 Å². The van der Waals surface area contributed by atoms with Crippen LogP contribution in [-0.2, 0) is 13.0 Å². The Kier molecular flexibility index (Phi) is 5.40. The summed E-state index contributed by atoms with van der Waals surface area (Å²) in [5.41, 5.74) is 5.16. The fraction of sp³-hybridized carbons (Fsp3) is 0.368. The van der Waals surface area contributed by atoms with Crippen LogP contribution >= 0.6 is 0 Å². The van der Waals surface area contributed by atoms with E-state index in [0.29, 0.717) is 5.92 Å². The highest BCUT2D eigenvalue weighted by molar-refractivity contribution is 5.69. The van der Waals surface area contributed by atoms with E-state index in [4.69, 9.17) is 4.74 Å². The second kappa shape index (κ2) is 7.28. The van der Waals surface area contributed by atoms with Crippen LogP contribution in [0.2, 0.25) is 0 Å². The summed E-state index contributed by atoms with van der Waals surface area (Å²) < 4.78 is 5.37. The van der Waals surface area contributed by atoms with Gasteiger partial charge in [-0.25, -0.2) is 0 Å². The molecule has 0 saturated carbocycles. The van der Waals surface area contributed by atoms with Gasteiger partial charge in [0, 0.05) is 6.54 Å². The molecule has 0 spiro atoms. The normalized spacial score (nSPS) is 10.9. The molecule has 0 bridgehead atoms.